The van der Waals surface area contributed by atoms with Gasteiger partial charge in [0.1, 0.15) is 29.9 Å². The van der Waals surface area contributed by atoms with Crippen molar-refractivity contribution in [2.75, 3.05) is 13.1 Å². The van der Waals surface area contributed by atoms with Crippen LogP contribution in [0.3, 0.4) is 0 Å². The Kier molecular flexibility index (Phi) is 5.42. The van der Waals surface area contributed by atoms with E-state index < -0.39 is 60.9 Å². The average Bonchev–Trinajstić information content (AvgIpc) is 3.35. The van der Waals surface area contributed by atoms with Crippen molar-refractivity contribution in [3.05, 3.63) is 48.1 Å². The third kappa shape index (κ3) is 4.12. The number of rotatable bonds is 3. The summed E-state index contributed by atoms with van der Waals surface area (Å²) < 4.78 is 97.1. The number of carbonyl (C=O) groups is 1. The van der Waals surface area contributed by atoms with Gasteiger partial charge in [-0.1, -0.05) is 0 Å². The second kappa shape index (κ2) is 8.15. The standard InChI is InChI=1S/C21H15F7N6O2/c22-10-3-12(23)18-30-6-15(33(18)7-10)17-11-5-29-13(4-14(11)34(31-17)9-21(26,27)28)19(36)32-2-1-16(35)20(24,25)8-32/h3-7,16,35H,1-2,8-9H2. The van der Waals surface area contributed by atoms with E-state index in [4.69, 9.17) is 0 Å². The van der Waals surface area contributed by atoms with Crippen molar-refractivity contribution in [2.24, 2.45) is 0 Å². The van der Waals surface area contributed by atoms with Crippen LogP contribution >= 0.6 is 0 Å². The molecule has 0 aromatic carbocycles. The minimum Gasteiger partial charge on any atom is -0.387 e. The summed E-state index contributed by atoms with van der Waals surface area (Å²) in [6, 6.07) is 1.57. The molecule has 1 unspecified atom stereocenters. The van der Waals surface area contributed by atoms with E-state index >= 15 is 0 Å². The molecule has 8 nitrogen and oxygen atoms in total. The average molecular weight is 516 g/mol. The lowest BCUT2D eigenvalue weighted by Gasteiger charge is -2.35. The molecule has 0 spiro atoms. The molecule has 36 heavy (non-hydrogen) atoms. The van der Waals surface area contributed by atoms with Gasteiger partial charge in [-0.05, 0) is 12.5 Å². The summed E-state index contributed by atoms with van der Waals surface area (Å²) in [6.45, 7) is -2.87. The molecule has 5 rings (SSSR count). The molecule has 190 valence electrons. The van der Waals surface area contributed by atoms with Gasteiger partial charge >= 0.3 is 6.18 Å². The molecule has 4 aromatic heterocycles. The highest BCUT2D eigenvalue weighted by Crippen LogP contribution is 2.32. The Morgan fingerprint density at radius 2 is 1.92 bits per heavy atom. The first kappa shape index (κ1) is 24.0. The SMILES string of the molecule is O=C(c1cc2c(cn1)c(-c1cnc3c(F)cc(F)cn13)nn2CC(F)(F)F)N1CCC(O)C(F)(F)C1. The number of alkyl halides is 5. The molecule has 1 N–H and O–H groups in total. The Morgan fingerprint density at radius 1 is 1.17 bits per heavy atom. The lowest BCUT2D eigenvalue weighted by molar-refractivity contribution is -0.142. The zero-order chi connectivity index (χ0) is 26.0. The van der Waals surface area contributed by atoms with E-state index in [1.807, 2.05) is 0 Å². The van der Waals surface area contributed by atoms with Gasteiger partial charge in [0.25, 0.3) is 11.8 Å². The highest BCUT2D eigenvalue weighted by Gasteiger charge is 2.45. The van der Waals surface area contributed by atoms with Crippen LogP contribution in [0, 0.1) is 11.6 Å². The smallest absolute Gasteiger partial charge is 0.387 e. The first-order chi connectivity index (χ1) is 16.8. The summed E-state index contributed by atoms with van der Waals surface area (Å²) in [5, 5.41) is 13.4. The van der Waals surface area contributed by atoms with Crippen molar-refractivity contribution in [3.8, 4) is 11.4 Å². The second-order valence-electron chi connectivity index (χ2n) is 8.34. The van der Waals surface area contributed by atoms with Crippen LogP contribution < -0.4 is 0 Å². The normalized spacial score (nSPS) is 18.3. The maximum absolute atomic E-state index is 14.1. The number of imidazole rings is 1. The first-order valence-corrected chi connectivity index (χ1v) is 10.4. The third-order valence-electron chi connectivity index (χ3n) is 5.80. The summed E-state index contributed by atoms with van der Waals surface area (Å²) in [5.74, 6) is -6.50. The van der Waals surface area contributed by atoms with Gasteiger partial charge in [0.15, 0.2) is 11.5 Å². The summed E-state index contributed by atoms with van der Waals surface area (Å²) in [6.07, 6.45) is -4.04. The van der Waals surface area contributed by atoms with Crippen molar-refractivity contribution in [3.63, 3.8) is 0 Å². The van der Waals surface area contributed by atoms with Crippen LogP contribution in [0.15, 0.2) is 30.7 Å². The van der Waals surface area contributed by atoms with Crippen LogP contribution in [0.2, 0.25) is 0 Å². The number of aliphatic hydroxyl groups is 1. The number of likely N-dealkylation sites (tertiary alicyclic amines) is 1. The van der Waals surface area contributed by atoms with E-state index in [0.717, 1.165) is 34.0 Å². The molecule has 4 aromatic rings. The molecular weight excluding hydrogens is 501 g/mol. The Labute approximate surface area is 196 Å². The van der Waals surface area contributed by atoms with Crippen molar-refractivity contribution in [1.82, 2.24) is 29.0 Å². The van der Waals surface area contributed by atoms with Gasteiger partial charge in [-0.15, -0.1) is 0 Å². The lowest BCUT2D eigenvalue weighted by Crippen LogP contribution is -2.53. The molecule has 1 fully saturated rings. The minimum atomic E-state index is -4.73. The Hall–Kier alpha value is -3.75. The number of nitrogens with zero attached hydrogens (tertiary/aromatic N) is 6. The van der Waals surface area contributed by atoms with Crippen molar-refractivity contribution in [2.45, 2.75) is 31.2 Å². The summed E-state index contributed by atoms with van der Waals surface area (Å²) in [7, 11) is 0. The monoisotopic (exact) mass is 516 g/mol. The molecule has 5 heterocycles. The van der Waals surface area contributed by atoms with E-state index in [1.54, 1.807) is 0 Å². The number of piperidine rings is 1. The second-order valence-corrected chi connectivity index (χ2v) is 8.34. The summed E-state index contributed by atoms with van der Waals surface area (Å²) in [4.78, 5) is 21.3. The van der Waals surface area contributed by atoms with Gasteiger partial charge in [0.05, 0.1) is 24.0 Å². The van der Waals surface area contributed by atoms with E-state index in [1.165, 1.54) is 0 Å². The van der Waals surface area contributed by atoms with Crippen LogP contribution in [0.5, 0.6) is 0 Å². The molecular formula is C21H15F7N6O2. The van der Waals surface area contributed by atoms with E-state index in [9.17, 15) is 40.6 Å². The van der Waals surface area contributed by atoms with Crippen LogP contribution in [-0.2, 0) is 6.54 Å². The summed E-state index contributed by atoms with van der Waals surface area (Å²) >= 11 is 0. The van der Waals surface area contributed by atoms with Crippen molar-refractivity contribution >= 4 is 22.5 Å². The topological polar surface area (TPSA) is 88.6 Å². The molecule has 0 radical (unpaired) electrons. The van der Waals surface area contributed by atoms with Gasteiger partial charge in [0, 0.05) is 30.4 Å². The minimum absolute atomic E-state index is 0.00154. The molecule has 15 heteroatoms. The lowest BCUT2D eigenvalue weighted by atomic mass is 10.0. The van der Waals surface area contributed by atoms with Gasteiger partial charge in [-0.25, -0.2) is 22.5 Å². The predicted octanol–water partition coefficient (Wildman–Crippen LogP) is 3.43. The maximum atomic E-state index is 14.1. The highest BCUT2D eigenvalue weighted by atomic mass is 19.4. The highest BCUT2D eigenvalue weighted by molar-refractivity contribution is 5.99. The molecule has 0 aliphatic carbocycles. The van der Waals surface area contributed by atoms with Gasteiger partial charge < -0.3 is 10.0 Å². The number of aliphatic hydroxyl groups excluding tert-OH is 1. The molecule has 0 bridgehead atoms. The fourth-order valence-corrected chi connectivity index (χ4v) is 4.12. The Bertz CT molecular complexity index is 1500. The van der Waals surface area contributed by atoms with Crippen LogP contribution in [-0.4, -0.2) is 71.4 Å². The van der Waals surface area contributed by atoms with Crippen LogP contribution in [0.4, 0.5) is 30.7 Å². The van der Waals surface area contributed by atoms with E-state index in [0.29, 0.717) is 10.7 Å². The number of fused-ring (bicyclic) bond motifs is 2. The largest absolute Gasteiger partial charge is 0.408 e. The van der Waals surface area contributed by atoms with E-state index in [2.05, 4.69) is 15.1 Å². The molecule has 0 saturated carbocycles. The molecule has 1 aliphatic rings. The number of hydrogen-bond donors (Lipinski definition) is 1. The molecule has 1 saturated heterocycles. The molecule has 1 amide bonds. The zero-order valence-electron chi connectivity index (χ0n) is 18.0. The predicted molar refractivity (Wildman–Crippen MR) is 109 cm³/mol. The van der Waals surface area contributed by atoms with Crippen LogP contribution in [0.25, 0.3) is 27.9 Å². The molecule has 1 atom stereocenters. The zero-order valence-corrected chi connectivity index (χ0v) is 18.0. The van der Waals surface area contributed by atoms with Crippen molar-refractivity contribution < 1.29 is 40.6 Å². The van der Waals surface area contributed by atoms with Crippen molar-refractivity contribution in [1.29, 1.82) is 0 Å². The number of aromatic nitrogens is 5. The fourth-order valence-electron chi connectivity index (χ4n) is 4.12. The van der Waals surface area contributed by atoms with Gasteiger partial charge in [0.2, 0.25) is 0 Å². The number of hydrogen-bond acceptors (Lipinski definition) is 5. The number of pyridine rings is 2. The first-order valence-electron chi connectivity index (χ1n) is 10.4. The van der Waals surface area contributed by atoms with Crippen LogP contribution in [0.1, 0.15) is 16.9 Å². The van der Waals surface area contributed by atoms with Gasteiger partial charge in [-0.2, -0.15) is 18.3 Å². The maximum Gasteiger partial charge on any atom is 0.408 e. The Morgan fingerprint density at radius 3 is 2.61 bits per heavy atom. The fraction of sp³-hybridized carbons (Fsp3) is 0.333. The Balaban J connectivity index is 1.62. The summed E-state index contributed by atoms with van der Waals surface area (Å²) in [5.41, 5.74) is -1.11. The number of halogens is 7. The quantitative estimate of drug-likeness (QED) is 0.422. The van der Waals surface area contributed by atoms with E-state index in [-0.39, 0.29) is 34.5 Å². The third-order valence-corrected chi connectivity index (χ3v) is 5.80. The number of carbonyl (C=O) groups excluding carboxylic acids is 1. The van der Waals surface area contributed by atoms with Gasteiger partial charge in [-0.3, -0.25) is 18.9 Å². The molecule has 1 aliphatic heterocycles. The number of amides is 1.